The quantitative estimate of drug-likeness (QED) is 0.458. The number of ether oxygens (including phenoxy) is 1. The monoisotopic (exact) mass is 468 g/mol. The highest BCUT2D eigenvalue weighted by molar-refractivity contribution is 5.91. The summed E-state index contributed by atoms with van der Waals surface area (Å²) in [6.45, 7) is 2.56. The van der Waals surface area contributed by atoms with Crippen LogP contribution < -0.4 is 4.74 Å². The molecule has 1 fully saturated rings. The van der Waals surface area contributed by atoms with Crippen LogP contribution in [0.2, 0.25) is 0 Å². The van der Waals surface area contributed by atoms with E-state index in [1.807, 2.05) is 18.2 Å². The fourth-order valence-electron chi connectivity index (χ4n) is 4.78. The first-order valence-electron chi connectivity index (χ1n) is 11.5. The van der Waals surface area contributed by atoms with Gasteiger partial charge in [0.05, 0.1) is 13.4 Å². The molecule has 3 aromatic rings. The Balaban J connectivity index is 1.48. The molecule has 0 saturated carbocycles. The topological polar surface area (TPSA) is 45.9 Å². The molecule has 7 heteroatoms. The van der Waals surface area contributed by atoms with Crippen LogP contribution in [0.15, 0.2) is 65.3 Å². The average molecular weight is 469 g/mol. The number of hydrogen-bond donors (Lipinski definition) is 0. The van der Waals surface area contributed by atoms with Crippen molar-refractivity contribution >= 4 is 5.91 Å². The summed E-state index contributed by atoms with van der Waals surface area (Å²) in [5.74, 6) is -0.163. The predicted octanol–water partition coefficient (Wildman–Crippen LogP) is 5.16. The molecule has 1 amide bonds. The number of hydrogen-bond acceptors (Lipinski definition) is 4. The maximum Gasteiger partial charge on any atom is 0.289 e. The first kappa shape index (κ1) is 24.0. The second-order valence-electron chi connectivity index (χ2n) is 8.87. The lowest BCUT2D eigenvalue weighted by molar-refractivity contribution is 0.0554. The SMILES string of the molecule is COc1cccc(CN2CCC([C@H](Cc3ccc(F)cc3F)N(C)C(=O)c3ccco3)CC2)c1. The highest BCUT2D eigenvalue weighted by atomic mass is 19.1. The van der Waals surface area contributed by atoms with Crippen molar-refractivity contribution in [3.8, 4) is 5.75 Å². The number of halogens is 2. The second-order valence-corrected chi connectivity index (χ2v) is 8.87. The van der Waals surface area contributed by atoms with E-state index in [0.29, 0.717) is 12.0 Å². The van der Waals surface area contributed by atoms with Crippen LogP contribution in [0.25, 0.3) is 0 Å². The molecule has 0 spiro atoms. The van der Waals surface area contributed by atoms with Crippen molar-refractivity contribution in [2.45, 2.75) is 31.8 Å². The summed E-state index contributed by atoms with van der Waals surface area (Å²) in [5, 5.41) is 0. The number of carbonyl (C=O) groups is 1. The zero-order valence-corrected chi connectivity index (χ0v) is 19.5. The van der Waals surface area contributed by atoms with Crippen LogP contribution in [0.5, 0.6) is 5.75 Å². The fourth-order valence-corrected chi connectivity index (χ4v) is 4.78. The molecule has 0 aliphatic carbocycles. The van der Waals surface area contributed by atoms with E-state index in [1.165, 1.54) is 24.0 Å². The summed E-state index contributed by atoms with van der Waals surface area (Å²) in [5.41, 5.74) is 1.59. The predicted molar refractivity (Wildman–Crippen MR) is 126 cm³/mol. The molecule has 0 unspecified atom stereocenters. The minimum atomic E-state index is -0.608. The molecule has 34 heavy (non-hydrogen) atoms. The number of likely N-dealkylation sites (N-methyl/N-ethyl adjacent to an activating group) is 1. The Hall–Kier alpha value is -3.19. The summed E-state index contributed by atoms with van der Waals surface area (Å²) in [7, 11) is 3.40. The summed E-state index contributed by atoms with van der Waals surface area (Å²) >= 11 is 0. The van der Waals surface area contributed by atoms with Crippen LogP contribution in [-0.2, 0) is 13.0 Å². The molecule has 180 valence electrons. The summed E-state index contributed by atoms with van der Waals surface area (Å²) in [4.78, 5) is 17.1. The molecule has 1 aliphatic heterocycles. The molecule has 1 saturated heterocycles. The maximum atomic E-state index is 14.5. The van der Waals surface area contributed by atoms with Gasteiger partial charge in [0.2, 0.25) is 0 Å². The number of methoxy groups -OCH3 is 1. The average Bonchev–Trinajstić information content (AvgIpc) is 3.39. The van der Waals surface area contributed by atoms with Gasteiger partial charge >= 0.3 is 0 Å². The lowest BCUT2D eigenvalue weighted by Gasteiger charge is -2.40. The highest BCUT2D eigenvalue weighted by Gasteiger charge is 2.33. The number of piperidine rings is 1. The number of amides is 1. The number of benzene rings is 2. The number of carbonyl (C=O) groups excluding carboxylic acids is 1. The zero-order valence-electron chi connectivity index (χ0n) is 19.5. The molecule has 4 rings (SSSR count). The number of furan rings is 1. The van der Waals surface area contributed by atoms with E-state index in [0.717, 1.165) is 44.3 Å². The lowest BCUT2D eigenvalue weighted by Crippen LogP contribution is -2.47. The lowest BCUT2D eigenvalue weighted by atomic mass is 9.84. The zero-order chi connectivity index (χ0) is 24.1. The Bertz CT molecular complexity index is 1100. The van der Waals surface area contributed by atoms with E-state index in [4.69, 9.17) is 9.15 Å². The molecule has 0 radical (unpaired) electrons. The fraction of sp³-hybridized carbons (Fsp3) is 0.370. The molecular formula is C27H30F2N2O3. The number of rotatable bonds is 8. The molecule has 1 aromatic heterocycles. The van der Waals surface area contributed by atoms with Gasteiger partial charge in [-0.05, 0) is 79.7 Å². The van der Waals surface area contributed by atoms with Crippen LogP contribution in [0, 0.1) is 17.6 Å². The van der Waals surface area contributed by atoms with Crippen molar-refractivity contribution in [1.82, 2.24) is 9.80 Å². The normalized spacial score (nSPS) is 15.8. The third-order valence-electron chi connectivity index (χ3n) is 6.71. The van der Waals surface area contributed by atoms with Crippen molar-refractivity contribution in [1.29, 1.82) is 0 Å². The van der Waals surface area contributed by atoms with Crippen molar-refractivity contribution in [2.75, 3.05) is 27.2 Å². The van der Waals surface area contributed by atoms with Gasteiger partial charge in [0.1, 0.15) is 17.4 Å². The van der Waals surface area contributed by atoms with Crippen molar-refractivity contribution in [2.24, 2.45) is 5.92 Å². The van der Waals surface area contributed by atoms with E-state index < -0.39 is 11.6 Å². The molecule has 0 N–H and O–H groups in total. The van der Waals surface area contributed by atoms with E-state index >= 15 is 0 Å². The summed E-state index contributed by atoms with van der Waals surface area (Å²) < 4.78 is 38.6. The smallest absolute Gasteiger partial charge is 0.289 e. The van der Waals surface area contributed by atoms with Crippen molar-refractivity contribution < 1.29 is 22.7 Å². The molecule has 2 aromatic carbocycles. The Kier molecular flexibility index (Phi) is 7.63. The van der Waals surface area contributed by atoms with Gasteiger partial charge in [-0.25, -0.2) is 8.78 Å². The van der Waals surface area contributed by atoms with Gasteiger partial charge in [-0.3, -0.25) is 9.69 Å². The van der Waals surface area contributed by atoms with Crippen molar-refractivity contribution in [3.05, 3.63) is 89.4 Å². The summed E-state index contributed by atoms with van der Waals surface area (Å²) in [6.07, 6.45) is 3.52. The third kappa shape index (κ3) is 5.65. The van der Waals surface area contributed by atoms with E-state index in [2.05, 4.69) is 11.0 Å². The summed E-state index contributed by atoms with van der Waals surface area (Å²) in [6, 6.07) is 14.8. The first-order valence-corrected chi connectivity index (χ1v) is 11.5. The minimum absolute atomic E-state index is 0.176. The van der Waals surface area contributed by atoms with Gasteiger partial charge in [0, 0.05) is 25.7 Å². The Morgan fingerprint density at radius 3 is 2.62 bits per heavy atom. The van der Waals surface area contributed by atoms with E-state index in [9.17, 15) is 13.6 Å². The molecule has 1 aliphatic rings. The third-order valence-corrected chi connectivity index (χ3v) is 6.71. The van der Waals surface area contributed by atoms with E-state index in [-0.39, 0.29) is 23.6 Å². The second kappa shape index (κ2) is 10.8. The minimum Gasteiger partial charge on any atom is -0.497 e. The molecule has 2 heterocycles. The number of nitrogens with zero attached hydrogens (tertiary/aromatic N) is 2. The molecule has 1 atom stereocenters. The van der Waals surface area contributed by atoms with Crippen LogP contribution in [0.3, 0.4) is 0 Å². The van der Waals surface area contributed by atoms with Crippen LogP contribution in [0.1, 0.15) is 34.5 Å². The maximum absolute atomic E-state index is 14.5. The standard InChI is InChI=1S/C27H30F2N2O3/c1-30(27(32)26-7-4-14-34-26)25(16-21-8-9-22(28)17-24(21)29)20-10-12-31(13-11-20)18-19-5-3-6-23(15-19)33-2/h3-9,14-15,17,20,25H,10-13,16,18H2,1-2H3/t25-/m0/s1. The molecule has 5 nitrogen and oxygen atoms in total. The Morgan fingerprint density at radius 2 is 1.94 bits per heavy atom. The molecular weight excluding hydrogens is 438 g/mol. The van der Waals surface area contributed by atoms with Gasteiger partial charge in [0.15, 0.2) is 5.76 Å². The largest absolute Gasteiger partial charge is 0.497 e. The van der Waals surface area contributed by atoms with Gasteiger partial charge < -0.3 is 14.1 Å². The van der Waals surface area contributed by atoms with Crippen LogP contribution in [-0.4, -0.2) is 49.0 Å². The van der Waals surface area contributed by atoms with Crippen LogP contribution >= 0.6 is 0 Å². The first-order chi connectivity index (χ1) is 16.4. The van der Waals surface area contributed by atoms with Gasteiger partial charge in [-0.1, -0.05) is 18.2 Å². The van der Waals surface area contributed by atoms with Gasteiger partial charge in [-0.2, -0.15) is 0 Å². The van der Waals surface area contributed by atoms with E-state index in [1.54, 1.807) is 31.2 Å². The number of likely N-dealkylation sites (tertiary alicyclic amines) is 1. The van der Waals surface area contributed by atoms with Gasteiger partial charge in [-0.15, -0.1) is 0 Å². The highest BCUT2D eigenvalue weighted by Crippen LogP contribution is 2.29. The van der Waals surface area contributed by atoms with Crippen molar-refractivity contribution in [3.63, 3.8) is 0 Å². The Labute approximate surface area is 198 Å². The molecule has 0 bridgehead atoms. The van der Waals surface area contributed by atoms with Crippen LogP contribution in [0.4, 0.5) is 8.78 Å². The van der Waals surface area contributed by atoms with Gasteiger partial charge in [0.25, 0.3) is 5.91 Å². The Morgan fingerprint density at radius 1 is 1.15 bits per heavy atom.